The van der Waals surface area contributed by atoms with Gasteiger partial charge in [-0.1, -0.05) is 0 Å². The second-order valence-electron chi connectivity index (χ2n) is 4.30. The topological polar surface area (TPSA) is 72.2 Å². The van der Waals surface area contributed by atoms with Crippen LogP contribution in [0.25, 0.3) is 0 Å². The first-order valence-electron chi connectivity index (χ1n) is 5.45. The van der Waals surface area contributed by atoms with Gasteiger partial charge in [0.05, 0.1) is 11.3 Å². The zero-order valence-corrected chi connectivity index (χ0v) is 10.9. The molecule has 2 amide bonds. The van der Waals surface area contributed by atoms with Gasteiger partial charge in [0.2, 0.25) is 5.91 Å². The Morgan fingerprint density at radius 3 is 1.82 bits per heavy atom. The van der Waals surface area contributed by atoms with Crippen LogP contribution in [0, 0.1) is 27.7 Å². The first-order chi connectivity index (χ1) is 7.77. The fraction of sp³-hybridized carbons (Fsp3) is 0.385. The van der Waals surface area contributed by atoms with E-state index in [0.29, 0.717) is 11.3 Å². The molecule has 4 heteroatoms. The predicted molar refractivity (Wildman–Crippen MR) is 68.2 cm³/mol. The molecule has 17 heavy (non-hydrogen) atoms. The Hall–Kier alpha value is -1.84. The highest BCUT2D eigenvalue weighted by Crippen LogP contribution is 2.30. The molecule has 1 rings (SSSR count). The van der Waals surface area contributed by atoms with Crippen LogP contribution in [-0.4, -0.2) is 11.8 Å². The summed E-state index contributed by atoms with van der Waals surface area (Å²) in [4.78, 5) is 22.7. The van der Waals surface area contributed by atoms with Gasteiger partial charge in [0, 0.05) is 6.92 Å². The maximum atomic E-state index is 11.5. The van der Waals surface area contributed by atoms with Gasteiger partial charge in [-0.05, 0) is 49.9 Å². The van der Waals surface area contributed by atoms with Crippen LogP contribution in [0.2, 0.25) is 0 Å². The van der Waals surface area contributed by atoms with Gasteiger partial charge in [0.15, 0.2) is 0 Å². The lowest BCUT2D eigenvalue weighted by atomic mass is 9.92. The third kappa shape index (κ3) is 2.30. The smallest absolute Gasteiger partial charge is 0.251 e. The second kappa shape index (κ2) is 4.57. The van der Waals surface area contributed by atoms with Crippen LogP contribution in [-0.2, 0) is 4.79 Å². The van der Waals surface area contributed by atoms with E-state index in [-0.39, 0.29) is 5.91 Å². The Balaban J connectivity index is 3.65. The van der Waals surface area contributed by atoms with Crippen molar-refractivity contribution < 1.29 is 9.59 Å². The van der Waals surface area contributed by atoms with E-state index in [1.807, 2.05) is 27.7 Å². The van der Waals surface area contributed by atoms with Crippen LogP contribution in [0.1, 0.15) is 39.5 Å². The zero-order chi connectivity index (χ0) is 13.3. The van der Waals surface area contributed by atoms with E-state index in [1.165, 1.54) is 6.92 Å². The lowest BCUT2D eigenvalue weighted by Gasteiger charge is -2.18. The summed E-state index contributed by atoms with van der Waals surface area (Å²) in [7, 11) is 0. The Labute approximate surface area is 101 Å². The summed E-state index contributed by atoms with van der Waals surface area (Å²) in [5.41, 5.74) is 10.1. The van der Waals surface area contributed by atoms with Crippen LogP contribution in [0.15, 0.2) is 0 Å². The van der Waals surface area contributed by atoms with Crippen LogP contribution >= 0.6 is 0 Å². The van der Waals surface area contributed by atoms with Crippen LogP contribution in [0.5, 0.6) is 0 Å². The maximum absolute atomic E-state index is 11.5. The third-order valence-corrected chi connectivity index (χ3v) is 3.23. The van der Waals surface area contributed by atoms with E-state index in [0.717, 1.165) is 22.3 Å². The van der Waals surface area contributed by atoms with E-state index < -0.39 is 5.91 Å². The Kier molecular flexibility index (Phi) is 3.56. The number of carbonyl (C=O) groups excluding carboxylic acids is 2. The van der Waals surface area contributed by atoms with E-state index in [2.05, 4.69) is 5.32 Å². The Morgan fingerprint density at radius 1 is 0.941 bits per heavy atom. The van der Waals surface area contributed by atoms with Crippen molar-refractivity contribution >= 4 is 17.5 Å². The summed E-state index contributed by atoms with van der Waals surface area (Å²) in [6.07, 6.45) is 0. The highest BCUT2D eigenvalue weighted by Gasteiger charge is 2.19. The van der Waals surface area contributed by atoms with Crippen LogP contribution in [0.4, 0.5) is 5.69 Å². The molecule has 1 aromatic rings. The number of nitrogens with two attached hydrogens (primary N) is 1. The molecule has 0 fully saturated rings. The van der Waals surface area contributed by atoms with Gasteiger partial charge >= 0.3 is 0 Å². The molecule has 0 bridgehead atoms. The molecule has 0 atom stereocenters. The SMILES string of the molecule is CC(=O)Nc1c(C)c(C)c(C)c(C)c1C(N)=O. The molecular formula is C13H18N2O2. The molecule has 0 aromatic heterocycles. The lowest BCUT2D eigenvalue weighted by Crippen LogP contribution is -2.20. The average Bonchev–Trinajstić information content (AvgIpc) is 2.22. The number of carbonyl (C=O) groups is 2. The molecule has 0 unspecified atom stereocenters. The van der Waals surface area contributed by atoms with E-state index >= 15 is 0 Å². The van der Waals surface area contributed by atoms with Crippen LogP contribution in [0.3, 0.4) is 0 Å². The zero-order valence-electron chi connectivity index (χ0n) is 10.9. The molecule has 0 aliphatic heterocycles. The Bertz CT molecular complexity index is 505. The van der Waals surface area contributed by atoms with Gasteiger partial charge in [-0.2, -0.15) is 0 Å². The van der Waals surface area contributed by atoms with Gasteiger partial charge in [0.25, 0.3) is 5.91 Å². The molecule has 3 N–H and O–H groups in total. The van der Waals surface area contributed by atoms with Crippen molar-refractivity contribution in [1.82, 2.24) is 0 Å². The van der Waals surface area contributed by atoms with E-state index in [4.69, 9.17) is 5.73 Å². The number of anilines is 1. The molecule has 0 saturated heterocycles. The number of hydrogen-bond donors (Lipinski definition) is 2. The summed E-state index contributed by atoms with van der Waals surface area (Å²) in [5, 5.41) is 2.69. The molecule has 0 heterocycles. The fourth-order valence-corrected chi connectivity index (χ4v) is 1.95. The molecule has 92 valence electrons. The van der Waals surface area contributed by atoms with E-state index in [1.54, 1.807) is 0 Å². The Morgan fingerprint density at radius 2 is 1.41 bits per heavy atom. The highest BCUT2D eigenvalue weighted by atomic mass is 16.2. The highest BCUT2D eigenvalue weighted by molar-refractivity contribution is 6.05. The lowest BCUT2D eigenvalue weighted by molar-refractivity contribution is -0.114. The quantitative estimate of drug-likeness (QED) is 0.821. The first-order valence-corrected chi connectivity index (χ1v) is 5.45. The van der Waals surface area contributed by atoms with Crippen molar-refractivity contribution in [2.45, 2.75) is 34.6 Å². The number of benzene rings is 1. The van der Waals surface area contributed by atoms with Crippen molar-refractivity contribution in [1.29, 1.82) is 0 Å². The van der Waals surface area contributed by atoms with Gasteiger partial charge < -0.3 is 11.1 Å². The summed E-state index contributed by atoms with van der Waals surface area (Å²) in [5.74, 6) is -0.726. The summed E-state index contributed by atoms with van der Waals surface area (Å²) in [6.45, 7) is 9.04. The molecule has 0 radical (unpaired) electrons. The predicted octanol–water partition coefficient (Wildman–Crippen LogP) is 1.98. The minimum absolute atomic E-state index is 0.210. The first kappa shape index (κ1) is 13.2. The number of amides is 2. The number of primary amides is 1. The molecule has 1 aromatic carbocycles. The third-order valence-electron chi connectivity index (χ3n) is 3.23. The van der Waals surface area contributed by atoms with Gasteiger partial charge in [-0.25, -0.2) is 0 Å². The van der Waals surface area contributed by atoms with Gasteiger partial charge in [0.1, 0.15) is 0 Å². The van der Waals surface area contributed by atoms with Gasteiger partial charge in [-0.3, -0.25) is 9.59 Å². The summed E-state index contributed by atoms with van der Waals surface area (Å²) in [6, 6.07) is 0. The largest absolute Gasteiger partial charge is 0.366 e. The fourth-order valence-electron chi connectivity index (χ4n) is 1.95. The van der Waals surface area contributed by atoms with Crippen molar-refractivity contribution in [2.24, 2.45) is 5.73 Å². The van der Waals surface area contributed by atoms with Crippen molar-refractivity contribution in [3.63, 3.8) is 0 Å². The van der Waals surface area contributed by atoms with E-state index in [9.17, 15) is 9.59 Å². The van der Waals surface area contributed by atoms with Crippen molar-refractivity contribution in [3.8, 4) is 0 Å². The monoisotopic (exact) mass is 234 g/mol. The molecule has 0 saturated carbocycles. The summed E-state index contributed by atoms with van der Waals surface area (Å²) >= 11 is 0. The number of nitrogens with one attached hydrogen (secondary N) is 1. The van der Waals surface area contributed by atoms with Crippen molar-refractivity contribution in [2.75, 3.05) is 5.32 Å². The maximum Gasteiger partial charge on any atom is 0.251 e. The molecule has 4 nitrogen and oxygen atoms in total. The number of hydrogen-bond acceptors (Lipinski definition) is 2. The standard InChI is InChI=1S/C13H18N2O2/c1-6-7(2)9(4)12(15-10(5)16)11(8(6)3)13(14)17/h1-5H3,(H2,14,17)(H,15,16). The second-order valence-corrected chi connectivity index (χ2v) is 4.30. The minimum Gasteiger partial charge on any atom is -0.366 e. The van der Waals surface area contributed by atoms with Crippen molar-refractivity contribution in [3.05, 3.63) is 27.8 Å². The summed E-state index contributed by atoms with van der Waals surface area (Å²) < 4.78 is 0. The molecule has 0 spiro atoms. The minimum atomic E-state index is -0.516. The molecule has 0 aliphatic carbocycles. The normalized spacial score (nSPS) is 10.2. The molecule has 0 aliphatic rings. The van der Waals surface area contributed by atoms with Gasteiger partial charge in [-0.15, -0.1) is 0 Å². The number of rotatable bonds is 2. The average molecular weight is 234 g/mol. The van der Waals surface area contributed by atoms with Crippen LogP contribution < -0.4 is 11.1 Å². The molecular weight excluding hydrogens is 216 g/mol.